The van der Waals surface area contributed by atoms with Crippen LogP contribution < -0.4 is 0 Å². The highest BCUT2D eigenvalue weighted by molar-refractivity contribution is 5.95. The second kappa shape index (κ2) is 4.91. The largest absolute Gasteiger partial charge is 0.327 e. The summed E-state index contributed by atoms with van der Waals surface area (Å²) >= 11 is 0. The molecule has 0 fully saturated rings. The molecule has 4 heteroatoms. The molecule has 1 aromatic heterocycles. The molecule has 2 aromatic rings. The van der Waals surface area contributed by atoms with Crippen molar-refractivity contribution in [2.24, 2.45) is 0 Å². The molecule has 0 aliphatic heterocycles. The lowest BCUT2D eigenvalue weighted by atomic mass is 10.1. The predicted octanol–water partition coefficient (Wildman–Crippen LogP) is 2.47. The van der Waals surface area contributed by atoms with Crippen molar-refractivity contribution in [2.75, 3.05) is 0 Å². The van der Waals surface area contributed by atoms with Gasteiger partial charge in [0.1, 0.15) is 11.6 Å². The summed E-state index contributed by atoms with van der Waals surface area (Å²) in [6.07, 6.45) is 4.24. The summed E-state index contributed by atoms with van der Waals surface area (Å²) in [6, 6.07) is 5.59. The van der Waals surface area contributed by atoms with Gasteiger partial charge >= 0.3 is 0 Å². The molecule has 1 aromatic carbocycles. The Morgan fingerprint density at radius 2 is 2.06 bits per heavy atom. The van der Waals surface area contributed by atoms with E-state index in [1.165, 1.54) is 24.3 Å². The van der Waals surface area contributed by atoms with Gasteiger partial charge in [0.05, 0.1) is 6.54 Å². The lowest BCUT2D eigenvalue weighted by Gasteiger charge is -2.05. The van der Waals surface area contributed by atoms with E-state index in [0.29, 0.717) is 5.56 Å². The average molecular weight is 232 g/mol. The summed E-state index contributed by atoms with van der Waals surface area (Å²) in [4.78, 5) is 16.1. The topological polar surface area (TPSA) is 34.9 Å². The second-order valence-electron chi connectivity index (χ2n) is 3.75. The van der Waals surface area contributed by atoms with Crippen molar-refractivity contribution < 1.29 is 9.18 Å². The van der Waals surface area contributed by atoms with Gasteiger partial charge in [-0.2, -0.15) is 0 Å². The number of rotatable bonds is 4. The normalized spacial score (nSPS) is 10.5. The van der Waals surface area contributed by atoms with E-state index < -0.39 is 0 Å². The number of hydrogen-bond donors (Lipinski definition) is 0. The van der Waals surface area contributed by atoms with Crippen molar-refractivity contribution >= 4 is 5.78 Å². The molecule has 88 valence electrons. The van der Waals surface area contributed by atoms with Crippen LogP contribution in [-0.2, 0) is 13.0 Å². The van der Waals surface area contributed by atoms with Gasteiger partial charge in [0.25, 0.3) is 0 Å². The van der Waals surface area contributed by atoms with E-state index in [4.69, 9.17) is 0 Å². The summed E-state index contributed by atoms with van der Waals surface area (Å²) in [5.74, 6) is 0.497. The van der Waals surface area contributed by atoms with Crippen molar-refractivity contribution in [3.05, 3.63) is 53.9 Å². The van der Waals surface area contributed by atoms with Gasteiger partial charge < -0.3 is 4.57 Å². The Labute approximate surface area is 98.9 Å². The molecule has 0 N–H and O–H groups in total. The summed E-state index contributed by atoms with van der Waals surface area (Å²) in [5, 5.41) is 0. The van der Waals surface area contributed by atoms with Crippen LogP contribution in [0.5, 0.6) is 0 Å². The van der Waals surface area contributed by atoms with Crippen LogP contribution in [0.15, 0.2) is 36.7 Å². The van der Waals surface area contributed by atoms with E-state index in [1.54, 1.807) is 12.4 Å². The minimum absolute atomic E-state index is 0.0438. The monoisotopic (exact) mass is 232 g/mol. The number of Topliss-reactive ketones (excluding diaryl/α,β-unsaturated/α-hetero) is 1. The smallest absolute Gasteiger partial charge is 0.182 e. The third-order valence-corrected chi connectivity index (χ3v) is 2.60. The Bertz CT molecular complexity index is 516. The number of nitrogens with zero attached hydrogens (tertiary/aromatic N) is 2. The number of ketones is 1. The number of benzene rings is 1. The SMILES string of the molecule is CCc1nccn1CC(=O)c1ccc(F)cc1. The van der Waals surface area contributed by atoms with Crippen molar-refractivity contribution in [3.63, 3.8) is 0 Å². The third-order valence-electron chi connectivity index (χ3n) is 2.60. The van der Waals surface area contributed by atoms with Gasteiger partial charge in [-0.25, -0.2) is 9.37 Å². The summed E-state index contributed by atoms with van der Waals surface area (Å²) < 4.78 is 14.5. The summed E-state index contributed by atoms with van der Waals surface area (Å²) in [7, 11) is 0. The minimum atomic E-state index is -0.335. The van der Waals surface area contributed by atoms with Gasteiger partial charge in [-0.15, -0.1) is 0 Å². The van der Waals surface area contributed by atoms with E-state index in [9.17, 15) is 9.18 Å². The Morgan fingerprint density at radius 1 is 1.35 bits per heavy atom. The molecule has 0 radical (unpaired) electrons. The lowest BCUT2D eigenvalue weighted by Crippen LogP contribution is -2.12. The number of carbonyl (C=O) groups excluding carboxylic acids is 1. The molecule has 17 heavy (non-hydrogen) atoms. The van der Waals surface area contributed by atoms with E-state index in [0.717, 1.165) is 12.2 Å². The Balaban J connectivity index is 2.14. The molecule has 0 amide bonds. The highest BCUT2D eigenvalue weighted by Gasteiger charge is 2.09. The maximum Gasteiger partial charge on any atom is 0.182 e. The number of halogens is 1. The fourth-order valence-corrected chi connectivity index (χ4v) is 1.68. The minimum Gasteiger partial charge on any atom is -0.327 e. The Morgan fingerprint density at radius 3 is 2.71 bits per heavy atom. The second-order valence-corrected chi connectivity index (χ2v) is 3.75. The first-order valence-corrected chi connectivity index (χ1v) is 5.49. The van der Waals surface area contributed by atoms with Crippen LogP contribution >= 0.6 is 0 Å². The van der Waals surface area contributed by atoms with Crippen LogP contribution in [-0.4, -0.2) is 15.3 Å². The Kier molecular flexibility index (Phi) is 3.32. The molecule has 0 saturated carbocycles. The molecule has 2 rings (SSSR count). The van der Waals surface area contributed by atoms with Crippen molar-refractivity contribution in [1.82, 2.24) is 9.55 Å². The van der Waals surface area contributed by atoms with Gasteiger partial charge in [0.2, 0.25) is 0 Å². The first-order chi connectivity index (χ1) is 8.20. The van der Waals surface area contributed by atoms with Crippen LogP contribution in [0.1, 0.15) is 23.1 Å². The van der Waals surface area contributed by atoms with Crippen molar-refractivity contribution in [3.8, 4) is 0 Å². The first-order valence-electron chi connectivity index (χ1n) is 5.49. The molecule has 0 aliphatic rings. The van der Waals surface area contributed by atoms with Crippen molar-refractivity contribution in [1.29, 1.82) is 0 Å². The molecule has 0 atom stereocenters. The van der Waals surface area contributed by atoms with Crippen LogP contribution in [0.2, 0.25) is 0 Å². The Hall–Kier alpha value is -1.97. The van der Waals surface area contributed by atoms with E-state index >= 15 is 0 Å². The van der Waals surface area contributed by atoms with E-state index in [2.05, 4.69) is 4.98 Å². The van der Waals surface area contributed by atoms with Crippen LogP contribution in [0.3, 0.4) is 0 Å². The molecule has 0 unspecified atom stereocenters. The molecule has 0 spiro atoms. The zero-order valence-corrected chi connectivity index (χ0v) is 9.56. The van der Waals surface area contributed by atoms with E-state index in [1.807, 2.05) is 11.5 Å². The number of carbonyl (C=O) groups is 1. The molecule has 1 heterocycles. The van der Waals surface area contributed by atoms with Gasteiger partial charge in [0.15, 0.2) is 5.78 Å². The lowest BCUT2D eigenvalue weighted by molar-refractivity contribution is 0.0971. The number of aryl methyl sites for hydroxylation is 1. The van der Waals surface area contributed by atoms with Gasteiger partial charge in [-0.3, -0.25) is 4.79 Å². The predicted molar refractivity (Wildman–Crippen MR) is 62.3 cm³/mol. The van der Waals surface area contributed by atoms with Crippen LogP contribution in [0.25, 0.3) is 0 Å². The van der Waals surface area contributed by atoms with Gasteiger partial charge in [0, 0.05) is 24.4 Å². The van der Waals surface area contributed by atoms with E-state index in [-0.39, 0.29) is 18.1 Å². The standard InChI is InChI=1S/C13H13FN2O/c1-2-13-15-7-8-16(13)9-12(17)10-3-5-11(14)6-4-10/h3-8H,2,9H2,1H3. The third kappa shape index (κ3) is 2.58. The maximum absolute atomic E-state index is 12.7. The van der Waals surface area contributed by atoms with Gasteiger partial charge in [-0.1, -0.05) is 6.92 Å². The molecule has 0 saturated heterocycles. The quantitative estimate of drug-likeness (QED) is 0.759. The molecule has 0 bridgehead atoms. The zero-order valence-electron chi connectivity index (χ0n) is 9.56. The summed E-state index contributed by atoms with van der Waals surface area (Å²) in [5.41, 5.74) is 0.516. The van der Waals surface area contributed by atoms with Crippen molar-refractivity contribution in [2.45, 2.75) is 19.9 Å². The number of hydrogen-bond acceptors (Lipinski definition) is 2. The molecule has 3 nitrogen and oxygen atoms in total. The fraction of sp³-hybridized carbons (Fsp3) is 0.231. The molecular formula is C13H13FN2O. The summed E-state index contributed by atoms with van der Waals surface area (Å²) in [6.45, 7) is 2.23. The van der Waals surface area contributed by atoms with Crippen LogP contribution in [0.4, 0.5) is 4.39 Å². The average Bonchev–Trinajstić information content (AvgIpc) is 2.77. The molecule has 0 aliphatic carbocycles. The maximum atomic E-state index is 12.7. The van der Waals surface area contributed by atoms with Crippen LogP contribution in [0, 0.1) is 5.82 Å². The van der Waals surface area contributed by atoms with Gasteiger partial charge in [-0.05, 0) is 24.3 Å². The highest BCUT2D eigenvalue weighted by atomic mass is 19.1. The number of imidazole rings is 1. The highest BCUT2D eigenvalue weighted by Crippen LogP contribution is 2.07. The molecular weight excluding hydrogens is 219 g/mol. The number of aromatic nitrogens is 2. The first kappa shape index (κ1) is 11.5. The fourth-order valence-electron chi connectivity index (χ4n) is 1.68. The zero-order chi connectivity index (χ0) is 12.3.